The van der Waals surface area contributed by atoms with E-state index in [0.717, 1.165) is 0 Å². The van der Waals surface area contributed by atoms with E-state index < -0.39 is 12.0 Å². The summed E-state index contributed by atoms with van der Waals surface area (Å²) in [6.45, 7) is 5.34. The lowest BCUT2D eigenvalue weighted by molar-refractivity contribution is -0.143. The van der Waals surface area contributed by atoms with Gasteiger partial charge >= 0.3 is 5.97 Å². The van der Waals surface area contributed by atoms with Gasteiger partial charge in [-0.25, -0.2) is 4.79 Å². The summed E-state index contributed by atoms with van der Waals surface area (Å²) < 4.78 is 5.29. The molecular weight excluding hydrogens is 288 g/mol. The van der Waals surface area contributed by atoms with Gasteiger partial charge in [-0.15, -0.1) is 0 Å². The van der Waals surface area contributed by atoms with Crippen molar-refractivity contribution in [2.24, 2.45) is 0 Å². The average molecular weight is 306 g/mol. The summed E-state index contributed by atoms with van der Waals surface area (Å²) >= 11 is 5.14. The second kappa shape index (κ2) is 6.13. The Bertz CT molecular complexity index is 611. The van der Waals surface area contributed by atoms with Gasteiger partial charge in [-0.2, -0.15) is 0 Å². The Balaban J connectivity index is 2.46. The van der Waals surface area contributed by atoms with Crippen molar-refractivity contribution < 1.29 is 14.6 Å². The zero-order valence-corrected chi connectivity index (χ0v) is 13.0. The maximum absolute atomic E-state index is 12.3. The van der Waals surface area contributed by atoms with E-state index in [4.69, 9.17) is 17.0 Å². The van der Waals surface area contributed by atoms with Crippen molar-refractivity contribution in [2.45, 2.75) is 32.9 Å². The number of para-hydroxylation sites is 1. The third kappa shape index (κ3) is 3.33. The smallest absolute Gasteiger partial charge is 0.338 e. The molecule has 3 N–H and O–H groups in total. The molecule has 0 spiro atoms. The first-order valence-electron chi connectivity index (χ1n) is 6.67. The van der Waals surface area contributed by atoms with E-state index in [1.807, 2.05) is 0 Å². The number of ether oxygens (including phenoxy) is 1. The highest BCUT2D eigenvalue weighted by Crippen LogP contribution is 2.32. The summed E-state index contributed by atoms with van der Waals surface area (Å²) in [4.78, 5) is 12.3. The minimum absolute atomic E-state index is 0.0994. The fraction of sp³-hybridized carbons (Fsp3) is 0.333. The molecule has 6 heteroatoms. The van der Waals surface area contributed by atoms with Crippen LogP contribution in [0.1, 0.15) is 32.4 Å². The maximum atomic E-state index is 12.3. The van der Waals surface area contributed by atoms with Crippen molar-refractivity contribution in [2.75, 3.05) is 0 Å². The normalized spacial score (nSPS) is 18.3. The summed E-state index contributed by atoms with van der Waals surface area (Å²) in [6, 6.07) is 6.30. The number of carbonyl (C=O) groups excluding carboxylic acids is 1. The molecule has 21 heavy (non-hydrogen) atoms. The van der Waals surface area contributed by atoms with Gasteiger partial charge in [-0.3, -0.25) is 0 Å². The standard InChI is InChI=1S/C15H18N2O3S/c1-8(2)20-14(19)12-9(3)16-15(21)17-13(12)10-6-4-5-7-11(10)18/h4-8,13,18H,1-3H3,(H2,16,17,21)/t13-/m0/s1. The maximum Gasteiger partial charge on any atom is 0.338 e. The van der Waals surface area contributed by atoms with Gasteiger partial charge in [-0.1, -0.05) is 18.2 Å². The summed E-state index contributed by atoms with van der Waals surface area (Å²) in [5, 5.41) is 16.4. The monoisotopic (exact) mass is 306 g/mol. The second-order valence-electron chi connectivity index (χ2n) is 5.08. The van der Waals surface area contributed by atoms with Crippen LogP contribution in [0.3, 0.4) is 0 Å². The van der Waals surface area contributed by atoms with Crippen LogP contribution in [-0.4, -0.2) is 22.3 Å². The summed E-state index contributed by atoms with van der Waals surface area (Å²) in [6.07, 6.45) is -0.225. The van der Waals surface area contributed by atoms with E-state index in [-0.39, 0.29) is 11.9 Å². The molecule has 2 rings (SSSR count). The van der Waals surface area contributed by atoms with Crippen molar-refractivity contribution in [3.63, 3.8) is 0 Å². The topological polar surface area (TPSA) is 70.6 Å². The highest BCUT2D eigenvalue weighted by atomic mass is 32.1. The van der Waals surface area contributed by atoms with Crippen LogP contribution in [0.5, 0.6) is 5.75 Å². The van der Waals surface area contributed by atoms with Crippen LogP contribution in [-0.2, 0) is 9.53 Å². The molecule has 0 radical (unpaired) electrons. The number of carbonyl (C=O) groups is 1. The van der Waals surface area contributed by atoms with Crippen molar-refractivity contribution in [3.8, 4) is 5.75 Å². The molecule has 1 aliphatic rings. The Hall–Kier alpha value is -2.08. The predicted octanol–water partition coefficient (Wildman–Crippen LogP) is 2.14. The van der Waals surface area contributed by atoms with E-state index >= 15 is 0 Å². The number of allylic oxidation sites excluding steroid dienone is 1. The number of hydrogen-bond acceptors (Lipinski definition) is 4. The molecule has 1 heterocycles. The molecule has 0 amide bonds. The Morgan fingerprint density at radius 1 is 1.38 bits per heavy atom. The SMILES string of the molecule is CC1=C(C(=O)OC(C)C)[C@H](c2ccccc2O)NC(=S)N1. The van der Waals surface area contributed by atoms with Crippen molar-refractivity contribution >= 4 is 23.3 Å². The molecule has 1 aliphatic heterocycles. The Morgan fingerprint density at radius 3 is 2.67 bits per heavy atom. The van der Waals surface area contributed by atoms with Crippen LogP contribution in [0.4, 0.5) is 0 Å². The van der Waals surface area contributed by atoms with Gasteiger partial charge in [0, 0.05) is 11.3 Å². The van der Waals surface area contributed by atoms with Gasteiger partial charge in [0.25, 0.3) is 0 Å². The number of benzene rings is 1. The molecular formula is C15H18N2O3S. The molecule has 1 aromatic rings. The third-order valence-corrected chi connectivity index (χ3v) is 3.30. The zero-order valence-electron chi connectivity index (χ0n) is 12.1. The van der Waals surface area contributed by atoms with Crippen LogP contribution in [0.25, 0.3) is 0 Å². The van der Waals surface area contributed by atoms with Crippen LogP contribution < -0.4 is 10.6 Å². The summed E-state index contributed by atoms with van der Waals surface area (Å²) in [7, 11) is 0. The lowest BCUT2D eigenvalue weighted by Crippen LogP contribution is -2.45. The predicted molar refractivity (Wildman–Crippen MR) is 83.6 cm³/mol. The molecule has 0 saturated carbocycles. The molecule has 0 fully saturated rings. The summed E-state index contributed by atoms with van der Waals surface area (Å²) in [5.41, 5.74) is 1.62. The number of aromatic hydroxyl groups is 1. The molecule has 5 nitrogen and oxygen atoms in total. The van der Waals surface area contributed by atoms with Gasteiger partial charge in [0.15, 0.2) is 5.11 Å². The number of hydrogen-bond donors (Lipinski definition) is 3. The van der Waals surface area contributed by atoms with E-state index in [1.54, 1.807) is 45.0 Å². The molecule has 0 saturated heterocycles. The fourth-order valence-electron chi connectivity index (χ4n) is 2.21. The van der Waals surface area contributed by atoms with Gasteiger partial charge < -0.3 is 20.5 Å². The van der Waals surface area contributed by atoms with Gasteiger partial charge in [0.05, 0.1) is 17.7 Å². The molecule has 1 atom stereocenters. The first-order valence-corrected chi connectivity index (χ1v) is 7.08. The largest absolute Gasteiger partial charge is 0.508 e. The number of thiocarbonyl (C=S) groups is 1. The third-order valence-electron chi connectivity index (χ3n) is 3.08. The minimum Gasteiger partial charge on any atom is -0.508 e. The molecule has 112 valence electrons. The Morgan fingerprint density at radius 2 is 2.05 bits per heavy atom. The number of phenols is 1. The van der Waals surface area contributed by atoms with Gasteiger partial charge in [-0.05, 0) is 39.1 Å². The molecule has 1 aromatic carbocycles. The van der Waals surface area contributed by atoms with Crippen LogP contribution in [0.15, 0.2) is 35.5 Å². The Kier molecular flexibility index (Phi) is 4.47. The van der Waals surface area contributed by atoms with E-state index in [0.29, 0.717) is 21.9 Å². The quantitative estimate of drug-likeness (QED) is 0.587. The molecule has 0 unspecified atom stereocenters. The number of nitrogens with one attached hydrogen (secondary N) is 2. The van der Waals surface area contributed by atoms with E-state index in [9.17, 15) is 9.90 Å². The lowest BCUT2D eigenvalue weighted by Gasteiger charge is -2.30. The van der Waals surface area contributed by atoms with E-state index in [2.05, 4.69) is 10.6 Å². The zero-order chi connectivity index (χ0) is 15.6. The molecule has 0 bridgehead atoms. The van der Waals surface area contributed by atoms with Crippen LogP contribution >= 0.6 is 12.2 Å². The first-order chi connectivity index (χ1) is 9.90. The number of rotatable bonds is 3. The van der Waals surface area contributed by atoms with Gasteiger partial charge in [0.2, 0.25) is 0 Å². The molecule has 0 aliphatic carbocycles. The van der Waals surface area contributed by atoms with Crippen molar-refractivity contribution in [1.82, 2.24) is 10.6 Å². The van der Waals surface area contributed by atoms with Crippen LogP contribution in [0, 0.1) is 0 Å². The lowest BCUT2D eigenvalue weighted by atomic mass is 9.95. The molecule has 0 aromatic heterocycles. The van der Waals surface area contributed by atoms with Crippen molar-refractivity contribution in [1.29, 1.82) is 0 Å². The van der Waals surface area contributed by atoms with E-state index in [1.165, 1.54) is 0 Å². The summed E-state index contributed by atoms with van der Waals surface area (Å²) in [5.74, 6) is -0.333. The highest BCUT2D eigenvalue weighted by Gasteiger charge is 2.32. The van der Waals surface area contributed by atoms with Gasteiger partial charge in [0.1, 0.15) is 5.75 Å². The minimum atomic E-state index is -0.536. The number of esters is 1. The second-order valence-corrected chi connectivity index (χ2v) is 5.49. The average Bonchev–Trinajstić information content (AvgIpc) is 2.37. The first kappa shape index (κ1) is 15.3. The van der Waals surface area contributed by atoms with Crippen LogP contribution in [0.2, 0.25) is 0 Å². The van der Waals surface area contributed by atoms with Crippen molar-refractivity contribution in [3.05, 3.63) is 41.1 Å². The highest BCUT2D eigenvalue weighted by molar-refractivity contribution is 7.80. The Labute approximate surface area is 129 Å². The fourth-order valence-corrected chi connectivity index (χ4v) is 2.48. The number of phenolic OH excluding ortho intramolecular Hbond substituents is 1.